The molecule has 0 aliphatic heterocycles. The molecule has 1 N–H and O–H groups in total. The summed E-state index contributed by atoms with van der Waals surface area (Å²) in [5.41, 5.74) is 1.06. The van der Waals surface area contributed by atoms with E-state index in [-0.39, 0.29) is 18.4 Å². The van der Waals surface area contributed by atoms with Crippen molar-refractivity contribution in [2.45, 2.75) is 58.4 Å². The van der Waals surface area contributed by atoms with E-state index in [0.717, 1.165) is 24.3 Å². The van der Waals surface area contributed by atoms with Crippen LogP contribution in [0.5, 0.6) is 0 Å². The first-order valence-corrected chi connectivity index (χ1v) is 10.5. The van der Waals surface area contributed by atoms with Crippen molar-refractivity contribution in [2.75, 3.05) is 7.05 Å². The van der Waals surface area contributed by atoms with Crippen LogP contribution >= 0.6 is 0 Å². The Balaban J connectivity index is 1.68. The molecule has 2 bridgehead atoms. The van der Waals surface area contributed by atoms with Crippen molar-refractivity contribution in [1.29, 1.82) is 0 Å². The molecule has 0 unspecified atom stereocenters. The number of hydrogen-bond donors (Lipinski definition) is 1. The highest BCUT2D eigenvalue weighted by atomic mass is 16.4. The Bertz CT molecular complexity index is 725. The standard InChI is InChI=1S/C24H33NO3/c1-24(2)19-15-18(13-7-4-5-10-14-21(26)27)22(20(24)16-19)25(3)23(28)17-11-8-6-9-12-17/h4,6-9,11-12,18-20,22H,5,10,13-16H2,1-3H3,(H,26,27)/b7-4-/t18-,19-,20-,22+/m0/s1. The number of allylic oxidation sites excluding steroid dienone is 2. The highest BCUT2D eigenvalue weighted by molar-refractivity contribution is 5.94. The van der Waals surface area contributed by atoms with E-state index in [1.807, 2.05) is 42.3 Å². The predicted molar refractivity (Wildman–Crippen MR) is 111 cm³/mol. The number of carboxylic acids is 1. The average molecular weight is 384 g/mol. The monoisotopic (exact) mass is 383 g/mol. The molecule has 4 nitrogen and oxygen atoms in total. The number of carbonyl (C=O) groups excluding carboxylic acids is 1. The van der Waals surface area contributed by atoms with Crippen LogP contribution in [0.15, 0.2) is 42.5 Å². The van der Waals surface area contributed by atoms with Crippen LogP contribution in [-0.2, 0) is 4.79 Å². The quantitative estimate of drug-likeness (QED) is 0.507. The summed E-state index contributed by atoms with van der Waals surface area (Å²) in [5, 5.41) is 8.74. The zero-order valence-electron chi connectivity index (χ0n) is 17.3. The van der Waals surface area contributed by atoms with Crippen molar-refractivity contribution >= 4 is 11.9 Å². The van der Waals surface area contributed by atoms with Gasteiger partial charge in [0.1, 0.15) is 0 Å². The Hall–Kier alpha value is -2.10. The van der Waals surface area contributed by atoms with Crippen LogP contribution < -0.4 is 0 Å². The summed E-state index contributed by atoms with van der Waals surface area (Å²) in [5.74, 6) is 1.16. The number of carbonyl (C=O) groups is 2. The van der Waals surface area contributed by atoms with Gasteiger partial charge >= 0.3 is 5.97 Å². The lowest BCUT2D eigenvalue weighted by Crippen LogP contribution is -2.63. The van der Waals surface area contributed by atoms with Gasteiger partial charge in [-0.15, -0.1) is 0 Å². The fourth-order valence-electron chi connectivity index (χ4n) is 5.37. The molecule has 4 atom stereocenters. The molecule has 152 valence electrons. The molecule has 0 heterocycles. The summed E-state index contributed by atoms with van der Waals surface area (Å²) in [6.07, 6.45) is 9.40. The third kappa shape index (κ3) is 4.16. The Labute approximate surface area is 168 Å². The molecular weight excluding hydrogens is 350 g/mol. The van der Waals surface area contributed by atoms with Gasteiger partial charge in [0.15, 0.2) is 0 Å². The van der Waals surface area contributed by atoms with Gasteiger partial charge in [-0.2, -0.15) is 0 Å². The minimum Gasteiger partial charge on any atom is -0.481 e. The maximum atomic E-state index is 13.1. The Morgan fingerprint density at radius 3 is 2.54 bits per heavy atom. The molecule has 1 aromatic rings. The maximum absolute atomic E-state index is 13.1. The van der Waals surface area contributed by atoms with Crippen LogP contribution in [-0.4, -0.2) is 35.0 Å². The molecule has 4 heteroatoms. The lowest BCUT2D eigenvalue weighted by Gasteiger charge is -2.64. The predicted octanol–water partition coefficient (Wildman–Crippen LogP) is 5.01. The number of fused-ring (bicyclic) bond motifs is 2. The van der Waals surface area contributed by atoms with Gasteiger partial charge in [0.25, 0.3) is 5.91 Å². The Morgan fingerprint density at radius 2 is 1.89 bits per heavy atom. The van der Waals surface area contributed by atoms with E-state index in [4.69, 9.17) is 5.11 Å². The van der Waals surface area contributed by atoms with Gasteiger partial charge in [0.2, 0.25) is 0 Å². The number of nitrogens with zero attached hydrogens (tertiary/aromatic N) is 1. The topological polar surface area (TPSA) is 57.6 Å². The zero-order valence-corrected chi connectivity index (χ0v) is 17.3. The summed E-state index contributed by atoms with van der Waals surface area (Å²) < 4.78 is 0. The van der Waals surface area contributed by atoms with Crippen LogP contribution in [0.2, 0.25) is 0 Å². The van der Waals surface area contributed by atoms with Gasteiger partial charge in [-0.1, -0.05) is 44.2 Å². The van der Waals surface area contributed by atoms with Gasteiger partial charge < -0.3 is 10.0 Å². The maximum Gasteiger partial charge on any atom is 0.303 e. The number of amides is 1. The average Bonchev–Trinajstić information content (AvgIpc) is 2.69. The van der Waals surface area contributed by atoms with Crippen molar-refractivity contribution in [3.05, 3.63) is 48.0 Å². The van der Waals surface area contributed by atoms with E-state index in [1.54, 1.807) is 0 Å². The minimum atomic E-state index is -0.732. The fourth-order valence-corrected chi connectivity index (χ4v) is 5.37. The van der Waals surface area contributed by atoms with Gasteiger partial charge in [-0.3, -0.25) is 9.59 Å². The third-order valence-electron chi connectivity index (χ3n) is 7.18. The second-order valence-electron chi connectivity index (χ2n) is 9.12. The minimum absolute atomic E-state index is 0.113. The lowest BCUT2D eigenvalue weighted by atomic mass is 9.44. The third-order valence-corrected chi connectivity index (χ3v) is 7.18. The van der Waals surface area contributed by atoms with Crippen LogP contribution in [0.4, 0.5) is 0 Å². The molecule has 0 aromatic heterocycles. The summed E-state index contributed by atoms with van der Waals surface area (Å²) in [7, 11) is 1.97. The van der Waals surface area contributed by atoms with Crippen molar-refractivity contribution in [1.82, 2.24) is 4.90 Å². The first-order chi connectivity index (χ1) is 13.3. The Morgan fingerprint density at radius 1 is 1.18 bits per heavy atom. The van der Waals surface area contributed by atoms with E-state index < -0.39 is 5.97 Å². The summed E-state index contributed by atoms with van der Waals surface area (Å²) in [4.78, 5) is 25.7. The molecule has 0 spiro atoms. The van der Waals surface area contributed by atoms with Crippen molar-refractivity contribution in [3.8, 4) is 0 Å². The number of aliphatic carboxylic acids is 1. The van der Waals surface area contributed by atoms with Gasteiger partial charge in [0.05, 0.1) is 0 Å². The number of carboxylic acid groups (broad SMARTS) is 1. The largest absolute Gasteiger partial charge is 0.481 e. The second kappa shape index (κ2) is 8.50. The zero-order chi connectivity index (χ0) is 20.3. The molecule has 3 saturated carbocycles. The summed E-state index contributed by atoms with van der Waals surface area (Å²) >= 11 is 0. The fraction of sp³-hybridized carbons (Fsp3) is 0.583. The van der Waals surface area contributed by atoms with Crippen molar-refractivity contribution in [2.24, 2.45) is 23.2 Å². The summed E-state index contributed by atoms with van der Waals surface area (Å²) in [6, 6.07) is 9.83. The molecule has 4 rings (SSSR count). The number of rotatable bonds is 8. The number of unbranched alkanes of at least 4 members (excludes halogenated alkanes) is 1. The van der Waals surface area contributed by atoms with E-state index in [0.29, 0.717) is 23.7 Å². The first-order valence-electron chi connectivity index (χ1n) is 10.5. The molecule has 3 aliphatic carbocycles. The number of hydrogen-bond acceptors (Lipinski definition) is 2. The van der Waals surface area contributed by atoms with Gasteiger partial charge in [-0.25, -0.2) is 0 Å². The SMILES string of the molecule is CN(C(=O)c1ccccc1)[C@@H]1[C@@H](C/C=C\CCCC(=O)O)C[C@H]2C[C@@H]1C2(C)C. The molecule has 3 fully saturated rings. The van der Waals surface area contributed by atoms with Crippen molar-refractivity contribution < 1.29 is 14.7 Å². The molecule has 28 heavy (non-hydrogen) atoms. The second-order valence-corrected chi connectivity index (χ2v) is 9.12. The van der Waals surface area contributed by atoms with Crippen LogP contribution in [0.3, 0.4) is 0 Å². The van der Waals surface area contributed by atoms with Crippen LogP contribution in [0.25, 0.3) is 0 Å². The lowest BCUT2D eigenvalue weighted by molar-refractivity contribution is -0.137. The van der Waals surface area contributed by atoms with Gasteiger partial charge in [0, 0.05) is 25.1 Å². The molecular formula is C24H33NO3. The molecule has 1 aromatic carbocycles. The smallest absolute Gasteiger partial charge is 0.303 e. The van der Waals surface area contributed by atoms with Crippen molar-refractivity contribution in [3.63, 3.8) is 0 Å². The van der Waals surface area contributed by atoms with Crippen LogP contribution in [0, 0.1) is 23.2 Å². The number of benzene rings is 1. The molecule has 1 amide bonds. The molecule has 3 aliphatic rings. The van der Waals surface area contributed by atoms with E-state index >= 15 is 0 Å². The van der Waals surface area contributed by atoms with E-state index in [2.05, 4.69) is 26.0 Å². The Kier molecular flexibility index (Phi) is 6.26. The normalized spacial score (nSPS) is 28.0. The highest BCUT2D eigenvalue weighted by Crippen LogP contribution is 2.62. The van der Waals surface area contributed by atoms with Crippen LogP contribution in [0.1, 0.15) is 62.7 Å². The molecule has 0 radical (unpaired) electrons. The highest BCUT2D eigenvalue weighted by Gasteiger charge is 2.58. The first kappa shape index (κ1) is 20.6. The van der Waals surface area contributed by atoms with Gasteiger partial charge in [-0.05, 0) is 67.4 Å². The van der Waals surface area contributed by atoms with E-state index in [9.17, 15) is 9.59 Å². The van der Waals surface area contributed by atoms with E-state index in [1.165, 1.54) is 12.8 Å². The molecule has 0 saturated heterocycles. The summed E-state index contributed by atoms with van der Waals surface area (Å²) in [6.45, 7) is 4.72.